The molecule has 0 aromatic carbocycles. The van der Waals surface area contributed by atoms with E-state index in [1.54, 1.807) is 0 Å². The second kappa shape index (κ2) is 3.53. The fraction of sp³-hybridized carbons (Fsp3) is 0.455. The van der Waals surface area contributed by atoms with Gasteiger partial charge in [0.05, 0.1) is 25.4 Å². The summed E-state index contributed by atoms with van der Waals surface area (Å²) in [5.41, 5.74) is 0.939. The molecule has 2 bridgehead atoms. The Morgan fingerprint density at radius 2 is 1.47 bits per heavy atom. The average Bonchev–Trinajstić information content (AvgIpc) is 2.86. The molecule has 0 saturated heterocycles. The maximum atomic E-state index is 11.5. The zero-order chi connectivity index (χ0) is 11.0. The number of carbonyl (C=O) groups excluding carboxylic acids is 2. The number of carbonyl (C=O) groups is 2. The van der Waals surface area contributed by atoms with E-state index in [0.717, 1.165) is 6.42 Å². The minimum absolute atomic E-state index is 0.0246. The molecule has 2 rings (SSSR count). The molecule has 2 atom stereocenters. The van der Waals surface area contributed by atoms with Crippen LogP contribution in [0.5, 0.6) is 0 Å². The van der Waals surface area contributed by atoms with Gasteiger partial charge in [-0.3, -0.25) is 0 Å². The maximum absolute atomic E-state index is 11.5. The number of fused-ring (bicyclic) bond motifs is 2. The summed E-state index contributed by atoms with van der Waals surface area (Å²) in [5, 5.41) is 0. The summed E-state index contributed by atoms with van der Waals surface area (Å²) in [4.78, 5) is 23.0. The Kier molecular flexibility index (Phi) is 2.34. The topological polar surface area (TPSA) is 52.6 Å². The summed E-state index contributed by atoms with van der Waals surface area (Å²) < 4.78 is 9.35. The molecule has 0 heterocycles. The lowest BCUT2D eigenvalue weighted by atomic mass is 9.97. The lowest BCUT2D eigenvalue weighted by Crippen LogP contribution is -2.17. The standard InChI is InChI=1S/C11H12O4/c1-14-10(12)8-6-3-4-7(5-6)9(8)11(13)15-2/h3-4,6-7H,5H2,1-2H3/t6-,7?/m1/s1. The summed E-state index contributed by atoms with van der Waals surface area (Å²) in [6.07, 6.45) is 4.68. The molecule has 0 aromatic rings. The van der Waals surface area contributed by atoms with Gasteiger partial charge in [-0.25, -0.2) is 9.59 Å². The van der Waals surface area contributed by atoms with Crippen molar-refractivity contribution in [2.45, 2.75) is 6.42 Å². The van der Waals surface area contributed by atoms with Gasteiger partial charge in [-0.1, -0.05) is 12.2 Å². The Bertz CT molecular complexity index is 344. The van der Waals surface area contributed by atoms with Gasteiger partial charge in [-0.05, 0) is 6.42 Å². The predicted octanol–water partition coefficient (Wildman–Crippen LogP) is 0.835. The molecule has 4 nitrogen and oxygen atoms in total. The van der Waals surface area contributed by atoms with Crippen molar-refractivity contribution in [3.8, 4) is 0 Å². The Morgan fingerprint density at radius 3 is 1.80 bits per heavy atom. The molecule has 80 valence electrons. The Labute approximate surface area is 87.5 Å². The van der Waals surface area contributed by atoms with E-state index < -0.39 is 11.9 Å². The smallest absolute Gasteiger partial charge is 0.334 e. The van der Waals surface area contributed by atoms with E-state index in [2.05, 4.69) is 9.47 Å². The first-order valence-corrected chi connectivity index (χ1v) is 4.78. The molecule has 2 aliphatic rings. The van der Waals surface area contributed by atoms with Crippen LogP contribution < -0.4 is 0 Å². The summed E-state index contributed by atoms with van der Waals surface area (Å²) in [6.45, 7) is 0. The normalized spacial score (nSPS) is 27.1. The summed E-state index contributed by atoms with van der Waals surface area (Å²) >= 11 is 0. The third-order valence-corrected chi connectivity index (χ3v) is 2.93. The van der Waals surface area contributed by atoms with Crippen molar-refractivity contribution in [1.29, 1.82) is 0 Å². The zero-order valence-electron chi connectivity index (χ0n) is 8.65. The molecule has 0 amide bonds. The highest BCUT2D eigenvalue weighted by molar-refractivity contribution is 6.03. The maximum Gasteiger partial charge on any atom is 0.334 e. The predicted molar refractivity (Wildman–Crippen MR) is 51.8 cm³/mol. The van der Waals surface area contributed by atoms with Gasteiger partial charge in [0.25, 0.3) is 0 Å². The third kappa shape index (κ3) is 1.37. The van der Waals surface area contributed by atoms with Gasteiger partial charge in [0.2, 0.25) is 0 Å². The van der Waals surface area contributed by atoms with Gasteiger partial charge in [0.15, 0.2) is 0 Å². The van der Waals surface area contributed by atoms with Crippen molar-refractivity contribution in [1.82, 2.24) is 0 Å². The zero-order valence-corrected chi connectivity index (χ0v) is 8.65. The third-order valence-electron chi connectivity index (χ3n) is 2.93. The minimum atomic E-state index is -0.424. The lowest BCUT2D eigenvalue weighted by Gasteiger charge is -2.12. The fourth-order valence-corrected chi connectivity index (χ4v) is 2.27. The molecule has 0 spiro atoms. The molecule has 0 saturated carbocycles. The van der Waals surface area contributed by atoms with Gasteiger partial charge >= 0.3 is 11.9 Å². The van der Waals surface area contributed by atoms with Crippen LogP contribution in [0.1, 0.15) is 6.42 Å². The number of hydrogen-bond donors (Lipinski definition) is 0. The second-order valence-corrected chi connectivity index (χ2v) is 3.64. The SMILES string of the molecule is COC(=O)C1=C(C(=O)OC)[C@@H]2C=CC1C2. The minimum Gasteiger partial charge on any atom is -0.466 e. The molecule has 0 aliphatic heterocycles. The van der Waals surface area contributed by atoms with E-state index in [0.29, 0.717) is 11.1 Å². The van der Waals surface area contributed by atoms with E-state index in [4.69, 9.17) is 0 Å². The Morgan fingerprint density at radius 1 is 1.07 bits per heavy atom. The van der Waals surface area contributed by atoms with Crippen LogP contribution in [-0.2, 0) is 19.1 Å². The van der Waals surface area contributed by atoms with E-state index in [1.807, 2.05) is 12.2 Å². The van der Waals surface area contributed by atoms with Crippen LogP contribution in [0.4, 0.5) is 0 Å². The van der Waals surface area contributed by atoms with Crippen LogP contribution in [0.25, 0.3) is 0 Å². The molecular formula is C11H12O4. The van der Waals surface area contributed by atoms with Gasteiger partial charge < -0.3 is 9.47 Å². The van der Waals surface area contributed by atoms with Crippen molar-refractivity contribution in [3.63, 3.8) is 0 Å². The van der Waals surface area contributed by atoms with E-state index in [9.17, 15) is 9.59 Å². The van der Waals surface area contributed by atoms with Crippen LogP contribution in [0.3, 0.4) is 0 Å². The first-order valence-electron chi connectivity index (χ1n) is 4.78. The first-order chi connectivity index (χ1) is 7.19. The number of allylic oxidation sites excluding steroid dienone is 2. The summed E-state index contributed by atoms with van der Waals surface area (Å²) in [5.74, 6) is -0.799. The lowest BCUT2D eigenvalue weighted by molar-refractivity contribution is -0.139. The van der Waals surface area contributed by atoms with Crippen LogP contribution in [-0.4, -0.2) is 26.2 Å². The van der Waals surface area contributed by atoms with Crippen molar-refractivity contribution < 1.29 is 19.1 Å². The van der Waals surface area contributed by atoms with Crippen LogP contribution >= 0.6 is 0 Å². The highest BCUT2D eigenvalue weighted by Crippen LogP contribution is 2.44. The molecule has 15 heavy (non-hydrogen) atoms. The van der Waals surface area contributed by atoms with Crippen molar-refractivity contribution in [3.05, 3.63) is 23.3 Å². The van der Waals surface area contributed by atoms with Crippen molar-refractivity contribution in [2.75, 3.05) is 14.2 Å². The number of esters is 2. The fourth-order valence-electron chi connectivity index (χ4n) is 2.27. The van der Waals surface area contributed by atoms with Gasteiger partial charge in [0.1, 0.15) is 0 Å². The molecule has 0 aromatic heterocycles. The monoisotopic (exact) mass is 208 g/mol. The van der Waals surface area contributed by atoms with E-state index in [-0.39, 0.29) is 11.8 Å². The van der Waals surface area contributed by atoms with Crippen LogP contribution in [0.15, 0.2) is 23.3 Å². The molecular weight excluding hydrogens is 196 g/mol. The van der Waals surface area contributed by atoms with E-state index in [1.165, 1.54) is 14.2 Å². The Hall–Kier alpha value is -1.58. The number of ether oxygens (including phenoxy) is 2. The highest BCUT2D eigenvalue weighted by Gasteiger charge is 2.42. The summed E-state index contributed by atoms with van der Waals surface area (Å²) in [6, 6.07) is 0. The largest absolute Gasteiger partial charge is 0.466 e. The van der Waals surface area contributed by atoms with E-state index >= 15 is 0 Å². The number of hydrogen-bond acceptors (Lipinski definition) is 4. The molecule has 0 radical (unpaired) electrons. The number of rotatable bonds is 2. The number of methoxy groups -OCH3 is 2. The van der Waals surface area contributed by atoms with Crippen LogP contribution in [0.2, 0.25) is 0 Å². The highest BCUT2D eigenvalue weighted by atomic mass is 16.5. The van der Waals surface area contributed by atoms with Crippen molar-refractivity contribution in [2.24, 2.45) is 11.8 Å². The molecule has 2 aliphatic carbocycles. The molecule has 4 heteroatoms. The Balaban J connectivity index is 2.40. The van der Waals surface area contributed by atoms with Gasteiger partial charge in [0, 0.05) is 11.8 Å². The second-order valence-electron chi connectivity index (χ2n) is 3.64. The van der Waals surface area contributed by atoms with Gasteiger partial charge in [-0.2, -0.15) is 0 Å². The molecule has 1 unspecified atom stereocenters. The van der Waals surface area contributed by atoms with Crippen molar-refractivity contribution >= 4 is 11.9 Å². The molecule has 0 fully saturated rings. The first kappa shape index (κ1) is 9.96. The quantitative estimate of drug-likeness (QED) is 0.498. The average molecular weight is 208 g/mol. The molecule has 0 N–H and O–H groups in total. The van der Waals surface area contributed by atoms with Gasteiger partial charge in [-0.15, -0.1) is 0 Å². The van der Waals surface area contributed by atoms with Crippen LogP contribution in [0, 0.1) is 11.8 Å². The summed E-state index contributed by atoms with van der Waals surface area (Å²) in [7, 11) is 2.64.